The number of anilines is 5. The number of nitrogens with zero attached hydrogens (tertiary/aromatic N) is 3. The van der Waals surface area contributed by atoms with Crippen molar-refractivity contribution in [1.82, 2.24) is 9.97 Å². The molecular weight excluding hydrogens is 350 g/mol. The quantitative estimate of drug-likeness (QED) is 0.688. The summed E-state index contributed by atoms with van der Waals surface area (Å²) in [5.74, 6) is 1.35. The van der Waals surface area contributed by atoms with Gasteiger partial charge in [0, 0.05) is 30.5 Å². The molecule has 3 aromatic rings. The van der Waals surface area contributed by atoms with Crippen LogP contribution in [0.3, 0.4) is 0 Å². The van der Waals surface area contributed by atoms with Crippen LogP contribution in [0.4, 0.5) is 28.8 Å². The molecule has 0 aliphatic carbocycles. The van der Waals surface area contributed by atoms with Crippen molar-refractivity contribution >= 4 is 28.8 Å². The van der Waals surface area contributed by atoms with Crippen LogP contribution in [0.5, 0.6) is 0 Å². The molecule has 1 fully saturated rings. The molecule has 6 nitrogen and oxygen atoms in total. The van der Waals surface area contributed by atoms with Crippen LogP contribution in [0.2, 0.25) is 0 Å². The van der Waals surface area contributed by atoms with Crippen molar-refractivity contribution in [3.8, 4) is 0 Å². The first-order valence-corrected chi connectivity index (χ1v) is 9.55. The van der Waals surface area contributed by atoms with Crippen LogP contribution in [-0.2, 0) is 4.74 Å². The fourth-order valence-electron chi connectivity index (χ4n) is 3.25. The van der Waals surface area contributed by atoms with E-state index in [-0.39, 0.29) is 0 Å². The van der Waals surface area contributed by atoms with E-state index in [1.807, 2.05) is 31.2 Å². The van der Waals surface area contributed by atoms with Gasteiger partial charge < -0.3 is 20.3 Å². The molecular formula is C22H25N5O. The topological polar surface area (TPSA) is 62.3 Å². The highest BCUT2D eigenvalue weighted by Gasteiger charge is 2.15. The average Bonchev–Trinajstić information content (AvgIpc) is 2.70. The van der Waals surface area contributed by atoms with E-state index in [2.05, 4.69) is 62.8 Å². The lowest BCUT2D eigenvalue weighted by molar-refractivity contribution is 0.123. The van der Waals surface area contributed by atoms with Crippen LogP contribution in [0.25, 0.3) is 0 Å². The summed E-state index contributed by atoms with van der Waals surface area (Å²) in [6.45, 7) is 7.34. The van der Waals surface area contributed by atoms with Crippen molar-refractivity contribution in [3.63, 3.8) is 0 Å². The molecule has 2 heterocycles. The van der Waals surface area contributed by atoms with Crippen molar-refractivity contribution < 1.29 is 4.74 Å². The molecule has 0 bridgehead atoms. The van der Waals surface area contributed by atoms with E-state index in [1.54, 1.807) is 0 Å². The highest BCUT2D eigenvalue weighted by atomic mass is 16.5. The highest BCUT2D eigenvalue weighted by molar-refractivity contribution is 5.74. The second kappa shape index (κ2) is 8.27. The van der Waals surface area contributed by atoms with E-state index >= 15 is 0 Å². The first kappa shape index (κ1) is 18.3. The molecule has 4 rings (SSSR count). The Morgan fingerprint density at radius 2 is 1.64 bits per heavy atom. The Morgan fingerprint density at radius 1 is 0.893 bits per heavy atom. The standard InChI is InChI=1S/C22H25N5O/c1-16-7-9-18(10-8-16)24-22-23-17(2)15-21(26-22)25-19-5-3-4-6-20(19)27-11-13-28-14-12-27/h3-10,15H,11-14H2,1-2H3,(H2,23,24,25,26). The van der Waals surface area contributed by atoms with E-state index in [1.165, 1.54) is 5.56 Å². The zero-order valence-electron chi connectivity index (χ0n) is 16.3. The molecule has 1 aliphatic heterocycles. The molecule has 144 valence electrons. The second-order valence-corrected chi connectivity index (χ2v) is 6.95. The molecule has 2 aromatic carbocycles. The number of benzene rings is 2. The zero-order valence-corrected chi connectivity index (χ0v) is 16.3. The lowest BCUT2D eigenvalue weighted by Crippen LogP contribution is -2.36. The molecule has 0 spiro atoms. The largest absolute Gasteiger partial charge is 0.378 e. The highest BCUT2D eigenvalue weighted by Crippen LogP contribution is 2.29. The van der Waals surface area contributed by atoms with Gasteiger partial charge in [-0.2, -0.15) is 4.98 Å². The zero-order chi connectivity index (χ0) is 19.3. The van der Waals surface area contributed by atoms with Crippen LogP contribution in [0, 0.1) is 13.8 Å². The number of aromatic nitrogens is 2. The monoisotopic (exact) mass is 375 g/mol. The Labute approximate surface area is 165 Å². The number of ether oxygens (including phenoxy) is 1. The third-order valence-corrected chi connectivity index (χ3v) is 4.68. The minimum atomic E-state index is 0.579. The molecule has 1 aliphatic rings. The third-order valence-electron chi connectivity index (χ3n) is 4.68. The maximum Gasteiger partial charge on any atom is 0.229 e. The van der Waals surface area contributed by atoms with Gasteiger partial charge in [-0.15, -0.1) is 0 Å². The summed E-state index contributed by atoms with van der Waals surface area (Å²) in [4.78, 5) is 11.5. The molecule has 6 heteroatoms. The molecule has 0 atom stereocenters. The van der Waals surface area contributed by atoms with E-state index in [4.69, 9.17) is 4.74 Å². The van der Waals surface area contributed by atoms with Gasteiger partial charge in [-0.3, -0.25) is 0 Å². The number of morpholine rings is 1. The summed E-state index contributed by atoms with van der Waals surface area (Å²) < 4.78 is 5.48. The number of hydrogen-bond donors (Lipinski definition) is 2. The summed E-state index contributed by atoms with van der Waals surface area (Å²) in [5.41, 5.74) is 5.28. The minimum absolute atomic E-state index is 0.579. The SMILES string of the molecule is Cc1ccc(Nc2nc(C)cc(Nc3ccccc3N3CCOCC3)n2)cc1. The molecule has 1 aromatic heterocycles. The fourth-order valence-corrected chi connectivity index (χ4v) is 3.25. The van der Waals surface area contributed by atoms with Gasteiger partial charge in [0.15, 0.2) is 0 Å². The number of hydrogen-bond acceptors (Lipinski definition) is 6. The van der Waals surface area contributed by atoms with Gasteiger partial charge >= 0.3 is 0 Å². The fraction of sp³-hybridized carbons (Fsp3) is 0.273. The number of para-hydroxylation sites is 2. The Morgan fingerprint density at radius 3 is 2.43 bits per heavy atom. The molecule has 0 radical (unpaired) electrons. The molecule has 0 saturated carbocycles. The minimum Gasteiger partial charge on any atom is -0.378 e. The molecule has 1 saturated heterocycles. The summed E-state index contributed by atoms with van der Waals surface area (Å²) in [7, 11) is 0. The molecule has 0 unspecified atom stereocenters. The summed E-state index contributed by atoms with van der Waals surface area (Å²) in [6, 6.07) is 18.5. The predicted octanol–water partition coefficient (Wildman–Crippen LogP) is 4.42. The van der Waals surface area contributed by atoms with Gasteiger partial charge in [-0.1, -0.05) is 29.8 Å². The first-order valence-electron chi connectivity index (χ1n) is 9.55. The summed E-state index contributed by atoms with van der Waals surface area (Å²) in [6.07, 6.45) is 0. The Kier molecular flexibility index (Phi) is 5.39. The Balaban J connectivity index is 1.57. The van der Waals surface area contributed by atoms with Crippen molar-refractivity contribution in [2.75, 3.05) is 41.8 Å². The van der Waals surface area contributed by atoms with E-state index in [0.717, 1.165) is 54.9 Å². The number of nitrogens with one attached hydrogen (secondary N) is 2. The van der Waals surface area contributed by atoms with Crippen molar-refractivity contribution in [2.24, 2.45) is 0 Å². The second-order valence-electron chi connectivity index (χ2n) is 6.95. The molecule has 28 heavy (non-hydrogen) atoms. The normalized spacial score (nSPS) is 14.0. The predicted molar refractivity (Wildman–Crippen MR) is 114 cm³/mol. The number of rotatable bonds is 5. The van der Waals surface area contributed by atoms with Gasteiger partial charge in [0.2, 0.25) is 5.95 Å². The maximum atomic E-state index is 5.48. The van der Waals surface area contributed by atoms with Crippen LogP contribution in [0.1, 0.15) is 11.3 Å². The van der Waals surface area contributed by atoms with Gasteiger partial charge in [0.1, 0.15) is 5.82 Å². The smallest absolute Gasteiger partial charge is 0.229 e. The molecule has 2 N–H and O–H groups in total. The van der Waals surface area contributed by atoms with Gasteiger partial charge in [-0.25, -0.2) is 4.98 Å². The Bertz CT molecular complexity index is 936. The van der Waals surface area contributed by atoms with Gasteiger partial charge in [-0.05, 0) is 38.1 Å². The molecule has 0 amide bonds. The Hall–Kier alpha value is -3.12. The van der Waals surface area contributed by atoms with Crippen molar-refractivity contribution in [1.29, 1.82) is 0 Å². The van der Waals surface area contributed by atoms with Crippen molar-refractivity contribution in [3.05, 3.63) is 65.9 Å². The van der Waals surface area contributed by atoms with E-state index in [0.29, 0.717) is 5.95 Å². The lowest BCUT2D eigenvalue weighted by Gasteiger charge is -2.30. The third kappa shape index (κ3) is 4.40. The summed E-state index contributed by atoms with van der Waals surface area (Å²) >= 11 is 0. The van der Waals surface area contributed by atoms with E-state index in [9.17, 15) is 0 Å². The van der Waals surface area contributed by atoms with Gasteiger partial charge in [0.05, 0.1) is 24.6 Å². The lowest BCUT2D eigenvalue weighted by atomic mass is 10.2. The van der Waals surface area contributed by atoms with Crippen LogP contribution < -0.4 is 15.5 Å². The van der Waals surface area contributed by atoms with Crippen LogP contribution in [-0.4, -0.2) is 36.3 Å². The maximum absolute atomic E-state index is 5.48. The van der Waals surface area contributed by atoms with Crippen molar-refractivity contribution in [2.45, 2.75) is 13.8 Å². The van der Waals surface area contributed by atoms with Crippen LogP contribution in [0.15, 0.2) is 54.6 Å². The van der Waals surface area contributed by atoms with Crippen LogP contribution >= 0.6 is 0 Å². The number of aryl methyl sites for hydroxylation is 2. The van der Waals surface area contributed by atoms with Gasteiger partial charge in [0.25, 0.3) is 0 Å². The average molecular weight is 375 g/mol. The first-order chi connectivity index (χ1) is 13.7. The summed E-state index contributed by atoms with van der Waals surface area (Å²) in [5, 5.41) is 6.76. The van der Waals surface area contributed by atoms with E-state index < -0.39 is 0 Å².